The summed E-state index contributed by atoms with van der Waals surface area (Å²) in [6.45, 7) is 1.07. The zero-order valence-electron chi connectivity index (χ0n) is 10.6. The largest absolute Gasteiger partial charge is 0.493 e. The van der Waals surface area contributed by atoms with Crippen molar-refractivity contribution in [3.63, 3.8) is 0 Å². The summed E-state index contributed by atoms with van der Waals surface area (Å²) in [6.07, 6.45) is 1.48. The van der Waals surface area contributed by atoms with Gasteiger partial charge in [-0.15, -0.1) is 0 Å². The van der Waals surface area contributed by atoms with Crippen molar-refractivity contribution in [2.24, 2.45) is 0 Å². The highest BCUT2D eigenvalue weighted by molar-refractivity contribution is 5.77. The molecule has 9 heteroatoms. The Balaban J connectivity index is 3.50. The van der Waals surface area contributed by atoms with E-state index in [1.807, 2.05) is 0 Å². The molecule has 0 aliphatic carbocycles. The third-order valence-electron chi connectivity index (χ3n) is 2.15. The lowest BCUT2D eigenvalue weighted by Gasteiger charge is -2.09. The van der Waals surface area contributed by atoms with Crippen LogP contribution >= 0.6 is 0 Å². The van der Waals surface area contributed by atoms with Gasteiger partial charge in [-0.2, -0.15) is 0 Å². The fourth-order valence-corrected chi connectivity index (χ4v) is 1.43. The third kappa shape index (κ3) is 3.51. The summed E-state index contributed by atoms with van der Waals surface area (Å²) in [5.41, 5.74) is -0.665. The van der Waals surface area contributed by atoms with Gasteiger partial charge >= 0.3 is 11.7 Å². The van der Waals surface area contributed by atoms with Crippen molar-refractivity contribution in [3.05, 3.63) is 44.1 Å². The minimum Gasteiger partial charge on any atom is -0.493 e. The molecule has 0 heterocycles. The Morgan fingerprint density at radius 3 is 2.40 bits per heavy atom. The van der Waals surface area contributed by atoms with E-state index in [0.717, 1.165) is 13.0 Å². The monoisotopic (exact) mass is 282 g/mol. The first-order valence-electron chi connectivity index (χ1n) is 5.22. The maximum Gasteiger partial charge on any atom is 0.322 e. The number of esters is 1. The predicted molar refractivity (Wildman–Crippen MR) is 67.0 cm³/mol. The molecule has 0 bridgehead atoms. The number of methoxy groups -OCH3 is 1. The van der Waals surface area contributed by atoms with Crippen molar-refractivity contribution in [2.45, 2.75) is 6.92 Å². The maximum absolute atomic E-state index is 11.1. The fourth-order valence-electron chi connectivity index (χ4n) is 1.43. The smallest absolute Gasteiger partial charge is 0.322 e. The number of nitro benzene ring substituents is 1. The summed E-state index contributed by atoms with van der Waals surface area (Å²) < 4.78 is 9.64. The lowest BCUT2D eigenvalue weighted by atomic mass is 10.1. The number of hydrogen-bond donors (Lipinski definition) is 0. The number of hydrogen-bond acceptors (Lipinski definition) is 7. The van der Waals surface area contributed by atoms with Crippen LogP contribution in [0.15, 0.2) is 18.3 Å². The number of nitro groups is 2. The number of ether oxygens (including phenoxy) is 2. The minimum atomic E-state index is -0.805. The van der Waals surface area contributed by atoms with Gasteiger partial charge in [-0.3, -0.25) is 25.0 Å². The Labute approximate surface area is 112 Å². The van der Waals surface area contributed by atoms with Crippen LogP contribution in [0.3, 0.4) is 0 Å². The quantitative estimate of drug-likeness (QED) is 0.349. The van der Waals surface area contributed by atoms with E-state index in [0.29, 0.717) is 6.20 Å². The van der Waals surface area contributed by atoms with Crippen LogP contribution in [0, 0.1) is 20.2 Å². The van der Waals surface area contributed by atoms with Gasteiger partial charge in [0.15, 0.2) is 5.75 Å². The van der Waals surface area contributed by atoms with Crippen LogP contribution in [-0.4, -0.2) is 22.9 Å². The van der Waals surface area contributed by atoms with Crippen LogP contribution in [0.5, 0.6) is 11.5 Å². The molecular weight excluding hydrogens is 272 g/mol. The highest BCUT2D eigenvalue weighted by atomic mass is 16.6. The lowest BCUT2D eigenvalue weighted by Crippen LogP contribution is -2.06. The normalized spacial score (nSPS) is 10.3. The predicted octanol–water partition coefficient (Wildman–Crippen LogP) is 1.78. The second-order valence-electron chi connectivity index (χ2n) is 3.49. The molecular formula is C11H10N2O7. The van der Waals surface area contributed by atoms with Crippen LogP contribution in [0.4, 0.5) is 5.69 Å². The average molecular weight is 282 g/mol. The molecule has 0 aromatic heterocycles. The summed E-state index contributed by atoms with van der Waals surface area (Å²) in [5.74, 6) is -1.19. The van der Waals surface area contributed by atoms with E-state index in [-0.39, 0.29) is 11.3 Å². The van der Waals surface area contributed by atoms with E-state index >= 15 is 0 Å². The van der Waals surface area contributed by atoms with Crippen molar-refractivity contribution >= 4 is 17.7 Å². The zero-order valence-corrected chi connectivity index (χ0v) is 10.6. The van der Waals surface area contributed by atoms with Crippen LogP contribution in [0.2, 0.25) is 0 Å². The van der Waals surface area contributed by atoms with Gasteiger partial charge in [0, 0.05) is 13.0 Å². The zero-order chi connectivity index (χ0) is 15.3. The third-order valence-corrected chi connectivity index (χ3v) is 2.15. The molecule has 0 saturated carbocycles. The first-order chi connectivity index (χ1) is 9.36. The average Bonchev–Trinajstić information content (AvgIpc) is 2.35. The van der Waals surface area contributed by atoms with Crippen molar-refractivity contribution in [1.29, 1.82) is 0 Å². The molecule has 0 spiro atoms. The number of nitrogens with zero attached hydrogens (tertiary/aromatic N) is 2. The van der Waals surface area contributed by atoms with Crippen molar-refractivity contribution in [1.82, 2.24) is 0 Å². The molecule has 1 rings (SSSR count). The molecule has 1 aromatic rings. The summed E-state index contributed by atoms with van der Waals surface area (Å²) in [5, 5.41) is 21.4. The molecule has 0 atom stereocenters. The van der Waals surface area contributed by atoms with Crippen molar-refractivity contribution in [2.75, 3.05) is 7.11 Å². The summed E-state index contributed by atoms with van der Waals surface area (Å²) in [6, 6.07) is 2.56. The van der Waals surface area contributed by atoms with E-state index in [9.17, 15) is 25.0 Å². The molecule has 1 aromatic carbocycles. The van der Waals surface area contributed by atoms with Gasteiger partial charge in [-0.1, -0.05) is 0 Å². The minimum absolute atomic E-state index is 0.0230. The van der Waals surface area contributed by atoms with Crippen LogP contribution < -0.4 is 9.47 Å². The molecule has 0 amide bonds. The van der Waals surface area contributed by atoms with E-state index in [1.165, 1.54) is 19.2 Å². The molecule has 9 nitrogen and oxygen atoms in total. The van der Waals surface area contributed by atoms with Crippen molar-refractivity contribution < 1.29 is 24.1 Å². The molecule has 0 unspecified atom stereocenters. The Morgan fingerprint density at radius 1 is 1.30 bits per heavy atom. The number of benzene rings is 1. The molecule has 0 aliphatic heterocycles. The number of carbonyl (C=O) groups excluding carboxylic acids is 1. The number of carbonyl (C=O) groups is 1. The highest BCUT2D eigenvalue weighted by Gasteiger charge is 2.26. The summed E-state index contributed by atoms with van der Waals surface area (Å²) in [4.78, 5) is 30.8. The SMILES string of the molecule is COc1ccc(/C=C/[N+](=O)[O-])c([N+](=O)[O-])c1OC(C)=O. The second kappa shape index (κ2) is 6.27. The molecule has 0 aliphatic rings. The van der Waals surface area contributed by atoms with E-state index < -0.39 is 27.3 Å². The first kappa shape index (κ1) is 15.1. The fraction of sp³-hybridized carbons (Fsp3) is 0.182. The van der Waals surface area contributed by atoms with Gasteiger partial charge in [0.05, 0.1) is 22.5 Å². The molecule has 0 N–H and O–H groups in total. The molecule has 20 heavy (non-hydrogen) atoms. The van der Waals surface area contributed by atoms with Gasteiger partial charge in [-0.05, 0) is 12.1 Å². The van der Waals surface area contributed by atoms with E-state index in [4.69, 9.17) is 9.47 Å². The first-order valence-corrected chi connectivity index (χ1v) is 5.22. The summed E-state index contributed by atoms with van der Waals surface area (Å²) >= 11 is 0. The van der Waals surface area contributed by atoms with Gasteiger partial charge < -0.3 is 9.47 Å². The van der Waals surface area contributed by atoms with Gasteiger partial charge in [0.2, 0.25) is 11.9 Å². The van der Waals surface area contributed by atoms with Crippen LogP contribution in [0.25, 0.3) is 6.08 Å². The van der Waals surface area contributed by atoms with Crippen LogP contribution in [-0.2, 0) is 4.79 Å². The maximum atomic E-state index is 11.1. The molecule has 0 radical (unpaired) electrons. The Morgan fingerprint density at radius 2 is 1.95 bits per heavy atom. The Kier molecular flexibility index (Phi) is 4.73. The number of rotatable bonds is 5. The lowest BCUT2D eigenvalue weighted by molar-refractivity contribution is -0.401. The molecule has 0 fully saturated rings. The van der Waals surface area contributed by atoms with Crippen molar-refractivity contribution in [3.8, 4) is 11.5 Å². The standard InChI is InChI=1S/C11H10N2O7/c1-7(14)20-11-9(19-2)4-3-8(5-6-12(15)16)10(11)13(17)18/h3-6H,1-2H3/b6-5+. The van der Waals surface area contributed by atoms with E-state index in [2.05, 4.69) is 0 Å². The van der Waals surface area contributed by atoms with E-state index in [1.54, 1.807) is 0 Å². The Bertz CT molecular complexity index is 595. The topological polar surface area (TPSA) is 122 Å². The molecule has 106 valence electrons. The second-order valence-corrected chi connectivity index (χ2v) is 3.49. The van der Waals surface area contributed by atoms with Crippen LogP contribution in [0.1, 0.15) is 12.5 Å². The van der Waals surface area contributed by atoms with Gasteiger partial charge in [-0.25, -0.2) is 0 Å². The summed E-state index contributed by atoms with van der Waals surface area (Å²) in [7, 11) is 1.25. The van der Waals surface area contributed by atoms with Gasteiger partial charge in [0.25, 0.3) is 0 Å². The van der Waals surface area contributed by atoms with Gasteiger partial charge in [0.1, 0.15) is 0 Å². The Hall–Kier alpha value is -2.97. The molecule has 0 saturated heterocycles. The highest BCUT2D eigenvalue weighted by Crippen LogP contribution is 2.40.